The van der Waals surface area contributed by atoms with Gasteiger partial charge in [-0.3, -0.25) is 4.79 Å². The van der Waals surface area contributed by atoms with Gasteiger partial charge in [-0.1, -0.05) is 20.8 Å². The van der Waals surface area contributed by atoms with Crippen LogP contribution in [-0.4, -0.2) is 23.2 Å². The molecule has 0 aromatic rings. The summed E-state index contributed by atoms with van der Waals surface area (Å²) < 4.78 is 0. The van der Waals surface area contributed by atoms with E-state index in [1.165, 1.54) is 0 Å². The van der Waals surface area contributed by atoms with Gasteiger partial charge in [0.15, 0.2) is 0 Å². The molecule has 3 nitrogen and oxygen atoms in total. The molecule has 0 aliphatic heterocycles. The van der Waals surface area contributed by atoms with Crippen molar-refractivity contribution in [3.8, 4) is 0 Å². The van der Waals surface area contributed by atoms with E-state index in [1.54, 1.807) is 13.8 Å². The number of carbonyl (C=O) groups excluding carboxylic acids is 1. The molecular formula is C10H21NO2. The van der Waals surface area contributed by atoms with E-state index in [0.717, 1.165) is 6.42 Å². The number of aliphatic hydroxyl groups excluding tert-OH is 1. The van der Waals surface area contributed by atoms with Gasteiger partial charge < -0.3 is 10.4 Å². The van der Waals surface area contributed by atoms with Gasteiger partial charge in [0.25, 0.3) is 0 Å². The lowest BCUT2D eigenvalue weighted by atomic mass is 9.88. The fraction of sp³-hybridized carbons (Fsp3) is 0.900. The summed E-state index contributed by atoms with van der Waals surface area (Å²) in [5, 5.41) is 11.8. The van der Waals surface area contributed by atoms with Crippen molar-refractivity contribution >= 4 is 5.91 Å². The van der Waals surface area contributed by atoms with Crippen molar-refractivity contribution < 1.29 is 9.90 Å². The molecule has 0 radical (unpaired) electrons. The first-order chi connectivity index (χ1) is 5.75. The zero-order chi connectivity index (χ0) is 10.7. The lowest BCUT2D eigenvalue weighted by molar-refractivity contribution is -0.131. The molecule has 0 aromatic heterocycles. The Bertz CT molecular complexity index is 185. The first-order valence-corrected chi connectivity index (χ1v) is 4.68. The average molecular weight is 187 g/mol. The van der Waals surface area contributed by atoms with Gasteiger partial charge in [-0.25, -0.2) is 0 Å². The number of rotatable bonds is 4. The lowest BCUT2D eigenvalue weighted by Gasteiger charge is -2.29. The first kappa shape index (κ1) is 12.4. The summed E-state index contributed by atoms with van der Waals surface area (Å²) in [5.41, 5.74) is -0.879. The Kier molecular flexibility index (Phi) is 3.91. The normalized spacial score (nSPS) is 12.8. The van der Waals surface area contributed by atoms with Crippen LogP contribution in [0.4, 0.5) is 0 Å². The second-order valence-corrected chi connectivity index (χ2v) is 4.73. The molecular weight excluding hydrogens is 166 g/mol. The van der Waals surface area contributed by atoms with Gasteiger partial charge >= 0.3 is 0 Å². The van der Waals surface area contributed by atoms with Crippen LogP contribution in [0.2, 0.25) is 0 Å². The molecule has 2 N–H and O–H groups in total. The highest BCUT2D eigenvalue weighted by Crippen LogP contribution is 2.20. The Morgan fingerprint density at radius 1 is 1.31 bits per heavy atom. The summed E-state index contributed by atoms with van der Waals surface area (Å²) >= 11 is 0. The van der Waals surface area contributed by atoms with Gasteiger partial charge in [0.05, 0.1) is 12.1 Å². The van der Waals surface area contributed by atoms with Crippen molar-refractivity contribution in [3.63, 3.8) is 0 Å². The van der Waals surface area contributed by atoms with Crippen molar-refractivity contribution in [2.24, 2.45) is 5.41 Å². The van der Waals surface area contributed by atoms with Crippen LogP contribution >= 0.6 is 0 Å². The fourth-order valence-corrected chi connectivity index (χ4v) is 0.677. The van der Waals surface area contributed by atoms with Gasteiger partial charge in [-0.2, -0.15) is 0 Å². The van der Waals surface area contributed by atoms with Crippen LogP contribution in [0.1, 0.15) is 41.0 Å². The monoisotopic (exact) mass is 187 g/mol. The number of hydrogen-bond acceptors (Lipinski definition) is 2. The predicted octanol–water partition coefficient (Wildman–Crippen LogP) is 1.31. The predicted molar refractivity (Wildman–Crippen MR) is 53.4 cm³/mol. The van der Waals surface area contributed by atoms with Crippen LogP contribution in [-0.2, 0) is 4.79 Å². The van der Waals surface area contributed by atoms with E-state index in [2.05, 4.69) is 5.32 Å². The highest BCUT2D eigenvalue weighted by Gasteiger charge is 2.29. The van der Waals surface area contributed by atoms with Gasteiger partial charge in [0, 0.05) is 5.41 Å². The van der Waals surface area contributed by atoms with E-state index in [-0.39, 0.29) is 17.9 Å². The highest BCUT2D eigenvalue weighted by atomic mass is 16.3. The topological polar surface area (TPSA) is 49.3 Å². The maximum absolute atomic E-state index is 11.6. The summed E-state index contributed by atoms with van der Waals surface area (Å²) in [6.45, 7) is 9.34. The second-order valence-electron chi connectivity index (χ2n) is 4.73. The Labute approximate surface area is 80.5 Å². The summed E-state index contributed by atoms with van der Waals surface area (Å²) in [7, 11) is 0. The van der Waals surface area contributed by atoms with E-state index in [4.69, 9.17) is 5.11 Å². The lowest BCUT2D eigenvalue weighted by Crippen LogP contribution is -2.50. The molecule has 0 saturated heterocycles. The quantitative estimate of drug-likeness (QED) is 0.697. The number of hydrogen-bond donors (Lipinski definition) is 2. The molecule has 3 heteroatoms. The van der Waals surface area contributed by atoms with Crippen LogP contribution in [0.3, 0.4) is 0 Å². The smallest absolute Gasteiger partial charge is 0.226 e. The average Bonchev–Trinajstić information content (AvgIpc) is 2.04. The third kappa shape index (κ3) is 3.77. The van der Waals surface area contributed by atoms with Crippen LogP contribution in [0.5, 0.6) is 0 Å². The van der Waals surface area contributed by atoms with Crippen molar-refractivity contribution in [1.29, 1.82) is 0 Å². The van der Waals surface area contributed by atoms with Crippen molar-refractivity contribution in [2.45, 2.75) is 46.6 Å². The molecule has 0 unspecified atom stereocenters. The standard InChI is InChI=1S/C10H21NO2/c1-6-9(2,3)8(13)11-10(4,5)7-12/h12H,6-7H2,1-5H3,(H,11,13). The van der Waals surface area contributed by atoms with Crippen LogP contribution in [0.25, 0.3) is 0 Å². The maximum atomic E-state index is 11.6. The molecule has 0 rings (SSSR count). The van der Waals surface area contributed by atoms with Gasteiger partial charge in [-0.05, 0) is 20.3 Å². The molecule has 1 amide bonds. The number of nitrogens with one attached hydrogen (secondary N) is 1. The maximum Gasteiger partial charge on any atom is 0.226 e. The molecule has 0 aliphatic rings. The van der Waals surface area contributed by atoms with Gasteiger partial charge in [0.1, 0.15) is 0 Å². The summed E-state index contributed by atoms with van der Waals surface area (Å²) in [5.74, 6) is -0.00551. The van der Waals surface area contributed by atoms with E-state index in [1.807, 2.05) is 20.8 Å². The van der Waals surface area contributed by atoms with E-state index < -0.39 is 5.54 Å². The third-order valence-electron chi connectivity index (χ3n) is 2.35. The number of aliphatic hydroxyl groups is 1. The molecule has 0 spiro atoms. The van der Waals surface area contributed by atoms with Crippen molar-refractivity contribution in [3.05, 3.63) is 0 Å². The van der Waals surface area contributed by atoms with Crippen LogP contribution in [0, 0.1) is 5.41 Å². The Balaban J connectivity index is 4.31. The summed E-state index contributed by atoms with van der Waals surface area (Å²) in [6.07, 6.45) is 0.792. The molecule has 0 aliphatic carbocycles. The second kappa shape index (κ2) is 4.09. The zero-order valence-electron chi connectivity index (χ0n) is 9.27. The number of amides is 1. The first-order valence-electron chi connectivity index (χ1n) is 4.68. The van der Waals surface area contributed by atoms with Gasteiger partial charge in [0.2, 0.25) is 5.91 Å². The fourth-order valence-electron chi connectivity index (χ4n) is 0.677. The van der Waals surface area contributed by atoms with E-state index in [9.17, 15) is 4.79 Å². The summed E-state index contributed by atoms with van der Waals surface area (Å²) in [6, 6.07) is 0. The molecule has 0 fully saturated rings. The van der Waals surface area contributed by atoms with Crippen LogP contribution < -0.4 is 5.32 Å². The Morgan fingerprint density at radius 3 is 2.08 bits per heavy atom. The number of carbonyl (C=O) groups is 1. The Hall–Kier alpha value is -0.570. The minimum Gasteiger partial charge on any atom is -0.394 e. The van der Waals surface area contributed by atoms with E-state index >= 15 is 0 Å². The molecule has 0 heterocycles. The third-order valence-corrected chi connectivity index (χ3v) is 2.35. The summed E-state index contributed by atoms with van der Waals surface area (Å²) in [4.78, 5) is 11.6. The largest absolute Gasteiger partial charge is 0.394 e. The van der Waals surface area contributed by atoms with Crippen molar-refractivity contribution in [1.82, 2.24) is 5.32 Å². The van der Waals surface area contributed by atoms with Gasteiger partial charge in [-0.15, -0.1) is 0 Å². The van der Waals surface area contributed by atoms with E-state index in [0.29, 0.717) is 0 Å². The minimum atomic E-state index is -0.524. The Morgan fingerprint density at radius 2 is 1.77 bits per heavy atom. The molecule has 0 saturated carbocycles. The molecule has 0 atom stereocenters. The minimum absolute atomic E-state index is 0.00551. The van der Waals surface area contributed by atoms with Crippen molar-refractivity contribution in [2.75, 3.05) is 6.61 Å². The van der Waals surface area contributed by atoms with Crippen LogP contribution in [0.15, 0.2) is 0 Å². The molecule has 0 bridgehead atoms. The highest BCUT2D eigenvalue weighted by molar-refractivity contribution is 5.82. The molecule has 78 valence electrons. The zero-order valence-corrected chi connectivity index (χ0v) is 9.27. The molecule has 13 heavy (non-hydrogen) atoms. The molecule has 0 aromatic carbocycles. The SMILES string of the molecule is CCC(C)(C)C(=O)NC(C)(C)CO.